The zero-order chi connectivity index (χ0) is 14.8. The van der Waals surface area contributed by atoms with E-state index in [1.54, 1.807) is 18.5 Å². The standard InChI is InChI=1S/C14H18N4O3/c19-10(18-14-15-4-1-5-16-14)7-17-12-9-3-2-8(6-9)11(12)13(20)21/h1,4-5,8-9,11-12,17H,2-3,6-7H2,(H,20,21)(H,15,16,18,19). The topological polar surface area (TPSA) is 104 Å². The van der Waals surface area contributed by atoms with Crippen LogP contribution >= 0.6 is 0 Å². The average molecular weight is 290 g/mol. The highest BCUT2D eigenvalue weighted by Crippen LogP contribution is 2.48. The molecule has 4 unspecified atom stereocenters. The minimum atomic E-state index is -0.758. The molecular formula is C14H18N4O3. The molecule has 112 valence electrons. The van der Waals surface area contributed by atoms with Gasteiger partial charge in [0.1, 0.15) is 0 Å². The molecule has 3 rings (SSSR count). The van der Waals surface area contributed by atoms with E-state index in [9.17, 15) is 14.7 Å². The fourth-order valence-corrected chi connectivity index (χ4v) is 3.68. The van der Waals surface area contributed by atoms with Gasteiger partial charge in [-0.2, -0.15) is 0 Å². The summed E-state index contributed by atoms with van der Waals surface area (Å²) in [6.45, 7) is 0.0793. The molecule has 0 radical (unpaired) electrons. The van der Waals surface area contributed by atoms with Crippen LogP contribution in [0.25, 0.3) is 0 Å². The third kappa shape index (κ3) is 2.87. The Morgan fingerprint density at radius 1 is 1.24 bits per heavy atom. The molecule has 2 fully saturated rings. The van der Waals surface area contributed by atoms with Crippen molar-refractivity contribution in [2.45, 2.75) is 25.3 Å². The van der Waals surface area contributed by atoms with Crippen molar-refractivity contribution < 1.29 is 14.7 Å². The average Bonchev–Trinajstić information content (AvgIpc) is 3.06. The number of anilines is 1. The van der Waals surface area contributed by atoms with Gasteiger partial charge in [-0.05, 0) is 37.2 Å². The summed E-state index contributed by atoms with van der Waals surface area (Å²) in [4.78, 5) is 31.1. The number of carbonyl (C=O) groups excluding carboxylic acids is 1. The van der Waals surface area contributed by atoms with Crippen LogP contribution in [0.2, 0.25) is 0 Å². The lowest BCUT2D eigenvalue weighted by atomic mass is 9.84. The Morgan fingerprint density at radius 2 is 1.95 bits per heavy atom. The highest BCUT2D eigenvalue weighted by Gasteiger charge is 2.50. The molecule has 3 N–H and O–H groups in total. The molecule has 1 aromatic rings. The van der Waals surface area contributed by atoms with E-state index in [2.05, 4.69) is 20.6 Å². The van der Waals surface area contributed by atoms with Gasteiger partial charge in [0.25, 0.3) is 0 Å². The first-order chi connectivity index (χ1) is 10.1. The second kappa shape index (κ2) is 5.77. The van der Waals surface area contributed by atoms with Gasteiger partial charge >= 0.3 is 5.97 Å². The largest absolute Gasteiger partial charge is 0.481 e. The number of carbonyl (C=O) groups is 2. The number of hydrogen-bond acceptors (Lipinski definition) is 5. The highest BCUT2D eigenvalue weighted by molar-refractivity contribution is 5.90. The Kier molecular flexibility index (Phi) is 3.83. The maximum absolute atomic E-state index is 11.9. The molecule has 2 aliphatic carbocycles. The number of carboxylic acid groups (broad SMARTS) is 1. The van der Waals surface area contributed by atoms with E-state index in [1.165, 1.54) is 0 Å². The monoisotopic (exact) mass is 290 g/mol. The van der Waals surface area contributed by atoms with Gasteiger partial charge < -0.3 is 10.4 Å². The van der Waals surface area contributed by atoms with Crippen molar-refractivity contribution in [3.63, 3.8) is 0 Å². The third-order valence-electron chi connectivity index (χ3n) is 4.52. The fraction of sp³-hybridized carbons (Fsp3) is 0.571. The minimum absolute atomic E-state index is 0.0793. The van der Waals surface area contributed by atoms with Crippen LogP contribution in [0.5, 0.6) is 0 Å². The molecule has 0 spiro atoms. The molecule has 4 atom stereocenters. The second-order valence-electron chi connectivity index (χ2n) is 5.72. The quantitative estimate of drug-likeness (QED) is 0.729. The molecular weight excluding hydrogens is 272 g/mol. The highest BCUT2D eigenvalue weighted by atomic mass is 16.4. The Hall–Kier alpha value is -2.02. The van der Waals surface area contributed by atoms with Crippen LogP contribution in [0, 0.1) is 17.8 Å². The SMILES string of the molecule is O=C(CNC1C2CCC(C2)C1C(=O)O)Nc1ncccn1. The van der Waals surface area contributed by atoms with Crippen molar-refractivity contribution in [2.75, 3.05) is 11.9 Å². The van der Waals surface area contributed by atoms with Crippen LogP contribution in [0.3, 0.4) is 0 Å². The van der Waals surface area contributed by atoms with Crippen molar-refractivity contribution in [2.24, 2.45) is 17.8 Å². The molecule has 2 saturated carbocycles. The molecule has 0 aliphatic heterocycles. The van der Waals surface area contributed by atoms with E-state index in [1.807, 2.05) is 0 Å². The molecule has 7 nitrogen and oxygen atoms in total. The number of hydrogen-bond donors (Lipinski definition) is 3. The first-order valence-corrected chi connectivity index (χ1v) is 7.18. The van der Waals surface area contributed by atoms with Gasteiger partial charge in [-0.3, -0.25) is 14.9 Å². The number of fused-ring (bicyclic) bond motifs is 2. The number of aromatic nitrogens is 2. The zero-order valence-electron chi connectivity index (χ0n) is 11.5. The first kappa shape index (κ1) is 13.9. The molecule has 1 aromatic heterocycles. The van der Waals surface area contributed by atoms with Crippen molar-refractivity contribution >= 4 is 17.8 Å². The van der Waals surface area contributed by atoms with E-state index in [-0.39, 0.29) is 36.3 Å². The van der Waals surface area contributed by atoms with Crippen LogP contribution < -0.4 is 10.6 Å². The summed E-state index contributed by atoms with van der Waals surface area (Å²) in [5.74, 6) is -0.501. The van der Waals surface area contributed by atoms with Gasteiger partial charge in [0.05, 0.1) is 12.5 Å². The first-order valence-electron chi connectivity index (χ1n) is 7.18. The number of rotatable bonds is 5. The molecule has 1 amide bonds. The molecule has 1 heterocycles. The van der Waals surface area contributed by atoms with E-state index >= 15 is 0 Å². The van der Waals surface area contributed by atoms with E-state index in [0.29, 0.717) is 5.92 Å². The lowest BCUT2D eigenvalue weighted by molar-refractivity contribution is -0.144. The Balaban J connectivity index is 1.55. The second-order valence-corrected chi connectivity index (χ2v) is 5.72. The molecule has 0 aromatic carbocycles. The van der Waals surface area contributed by atoms with Crippen molar-refractivity contribution in [3.05, 3.63) is 18.5 Å². The van der Waals surface area contributed by atoms with E-state index in [0.717, 1.165) is 19.3 Å². The lowest BCUT2D eigenvalue weighted by Gasteiger charge is -2.28. The van der Waals surface area contributed by atoms with Gasteiger partial charge in [-0.25, -0.2) is 9.97 Å². The van der Waals surface area contributed by atoms with E-state index in [4.69, 9.17) is 0 Å². The number of aliphatic carboxylic acids is 1. The number of carboxylic acids is 1. The van der Waals surface area contributed by atoms with Crippen LogP contribution in [-0.2, 0) is 9.59 Å². The summed E-state index contributed by atoms with van der Waals surface area (Å²) in [6, 6.07) is 1.56. The normalized spacial score (nSPS) is 30.3. The predicted molar refractivity (Wildman–Crippen MR) is 74.4 cm³/mol. The number of amides is 1. The maximum atomic E-state index is 11.9. The van der Waals surface area contributed by atoms with Gasteiger partial charge in [0.15, 0.2) is 0 Å². The fourth-order valence-electron chi connectivity index (χ4n) is 3.68. The van der Waals surface area contributed by atoms with Crippen LogP contribution in [0.4, 0.5) is 5.95 Å². The maximum Gasteiger partial charge on any atom is 0.308 e. The predicted octanol–water partition coefficient (Wildman–Crippen LogP) is 0.504. The molecule has 2 aliphatic rings. The molecule has 21 heavy (non-hydrogen) atoms. The smallest absolute Gasteiger partial charge is 0.308 e. The van der Waals surface area contributed by atoms with Gasteiger partial charge in [0.2, 0.25) is 11.9 Å². The summed E-state index contributed by atoms with van der Waals surface area (Å²) in [5.41, 5.74) is 0. The van der Waals surface area contributed by atoms with Crippen LogP contribution in [0.1, 0.15) is 19.3 Å². The van der Waals surface area contributed by atoms with Gasteiger partial charge in [0, 0.05) is 18.4 Å². The zero-order valence-corrected chi connectivity index (χ0v) is 11.5. The molecule has 2 bridgehead atoms. The number of nitrogens with zero attached hydrogens (tertiary/aromatic N) is 2. The Bertz CT molecular complexity index is 536. The molecule has 0 saturated heterocycles. The van der Waals surface area contributed by atoms with Crippen LogP contribution in [-0.4, -0.2) is 39.5 Å². The summed E-state index contributed by atoms with van der Waals surface area (Å²) in [7, 11) is 0. The van der Waals surface area contributed by atoms with Crippen LogP contribution in [0.15, 0.2) is 18.5 Å². The lowest BCUT2D eigenvalue weighted by Crippen LogP contribution is -2.46. The summed E-state index contributed by atoms with van der Waals surface area (Å²) < 4.78 is 0. The third-order valence-corrected chi connectivity index (χ3v) is 4.52. The van der Waals surface area contributed by atoms with Gasteiger partial charge in [-0.15, -0.1) is 0 Å². The van der Waals surface area contributed by atoms with Crippen molar-refractivity contribution in [1.29, 1.82) is 0 Å². The molecule has 7 heteroatoms. The minimum Gasteiger partial charge on any atom is -0.481 e. The summed E-state index contributed by atoms with van der Waals surface area (Å²) >= 11 is 0. The Labute approximate surface area is 122 Å². The Morgan fingerprint density at radius 3 is 2.67 bits per heavy atom. The van der Waals surface area contributed by atoms with Crippen molar-refractivity contribution in [3.8, 4) is 0 Å². The van der Waals surface area contributed by atoms with Crippen molar-refractivity contribution in [1.82, 2.24) is 15.3 Å². The van der Waals surface area contributed by atoms with E-state index < -0.39 is 5.97 Å². The summed E-state index contributed by atoms with van der Waals surface area (Å²) in [5, 5.41) is 15.0. The van der Waals surface area contributed by atoms with Gasteiger partial charge in [-0.1, -0.05) is 0 Å². The number of nitrogens with one attached hydrogen (secondary N) is 2. The summed E-state index contributed by atoms with van der Waals surface area (Å²) in [6.07, 6.45) is 6.09.